The largest absolute Gasteiger partial charge is 0.444 e. The van der Waals surface area contributed by atoms with Crippen LogP contribution in [0.2, 0.25) is 10.0 Å². The monoisotopic (exact) mass is 318 g/mol. The van der Waals surface area contributed by atoms with Crippen molar-refractivity contribution in [1.82, 2.24) is 4.90 Å². The Bertz CT molecular complexity index is 487. The van der Waals surface area contributed by atoms with Crippen LogP contribution in [0.1, 0.15) is 32.4 Å². The Morgan fingerprint density at radius 1 is 1.35 bits per heavy atom. The average molecular weight is 319 g/mol. The van der Waals surface area contributed by atoms with Gasteiger partial charge in [0.05, 0.1) is 10.0 Å². The second-order valence-corrected chi connectivity index (χ2v) is 6.46. The highest BCUT2D eigenvalue weighted by Gasteiger charge is 2.21. The Kier molecular flexibility index (Phi) is 5.68. The van der Waals surface area contributed by atoms with E-state index in [2.05, 4.69) is 0 Å². The van der Waals surface area contributed by atoms with Crippen LogP contribution in [-0.4, -0.2) is 30.2 Å². The summed E-state index contributed by atoms with van der Waals surface area (Å²) in [7, 11) is 1.64. The summed E-state index contributed by atoms with van der Waals surface area (Å²) in [5.41, 5.74) is 6.35. The Balaban J connectivity index is 2.67. The summed E-state index contributed by atoms with van der Waals surface area (Å²) in [6.07, 6.45) is -0.409. The number of carbonyl (C=O) groups is 1. The van der Waals surface area contributed by atoms with Crippen LogP contribution < -0.4 is 5.73 Å². The lowest BCUT2D eigenvalue weighted by Crippen LogP contribution is -2.38. The van der Waals surface area contributed by atoms with Crippen molar-refractivity contribution in [3.63, 3.8) is 0 Å². The fraction of sp³-hybridized carbons (Fsp3) is 0.500. The third kappa shape index (κ3) is 5.19. The predicted octanol–water partition coefficient (Wildman–Crippen LogP) is 3.86. The number of nitrogens with zero attached hydrogens (tertiary/aromatic N) is 1. The van der Waals surface area contributed by atoms with Crippen molar-refractivity contribution in [2.24, 2.45) is 5.73 Å². The zero-order valence-electron chi connectivity index (χ0n) is 12.1. The van der Waals surface area contributed by atoms with Gasteiger partial charge in [0.2, 0.25) is 0 Å². The van der Waals surface area contributed by atoms with Crippen molar-refractivity contribution in [3.05, 3.63) is 33.8 Å². The molecule has 1 aromatic rings. The number of rotatable bonds is 3. The van der Waals surface area contributed by atoms with E-state index in [1.54, 1.807) is 25.2 Å². The number of carbonyl (C=O) groups excluding carboxylic acids is 1. The van der Waals surface area contributed by atoms with Gasteiger partial charge in [-0.1, -0.05) is 29.3 Å². The van der Waals surface area contributed by atoms with Gasteiger partial charge in [-0.05, 0) is 38.5 Å². The average Bonchev–Trinajstić information content (AvgIpc) is 2.30. The maximum Gasteiger partial charge on any atom is 0.410 e. The molecule has 0 spiro atoms. The number of hydrogen-bond donors (Lipinski definition) is 1. The minimum absolute atomic E-state index is 0.326. The molecule has 0 saturated carbocycles. The van der Waals surface area contributed by atoms with Crippen LogP contribution in [0.3, 0.4) is 0 Å². The maximum atomic E-state index is 11.8. The highest BCUT2D eigenvalue weighted by atomic mass is 35.5. The van der Waals surface area contributed by atoms with Crippen molar-refractivity contribution < 1.29 is 9.53 Å². The molecule has 0 saturated heterocycles. The number of likely N-dealkylation sites (N-methyl/N-ethyl adjacent to an activating group) is 1. The SMILES string of the molecule is CN(CC(N)c1ccc(Cl)c(Cl)c1)C(=O)OC(C)(C)C. The van der Waals surface area contributed by atoms with E-state index >= 15 is 0 Å². The maximum absolute atomic E-state index is 11.8. The van der Waals surface area contributed by atoms with E-state index in [1.807, 2.05) is 20.8 Å². The van der Waals surface area contributed by atoms with Crippen LogP contribution in [-0.2, 0) is 4.74 Å². The molecule has 0 aliphatic heterocycles. The molecule has 0 fully saturated rings. The summed E-state index contributed by atoms with van der Waals surface area (Å²) in [5.74, 6) is 0. The molecular formula is C14H20Cl2N2O2. The molecular weight excluding hydrogens is 299 g/mol. The van der Waals surface area contributed by atoms with Crippen LogP contribution in [0.25, 0.3) is 0 Å². The molecule has 6 heteroatoms. The number of nitrogens with two attached hydrogens (primary N) is 1. The van der Waals surface area contributed by atoms with Crippen LogP contribution >= 0.6 is 23.2 Å². The van der Waals surface area contributed by atoms with E-state index in [9.17, 15) is 4.79 Å². The van der Waals surface area contributed by atoms with E-state index in [-0.39, 0.29) is 6.04 Å². The lowest BCUT2D eigenvalue weighted by molar-refractivity contribution is 0.0289. The number of halogens is 2. The second-order valence-electron chi connectivity index (χ2n) is 5.64. The Morgan fingerprint density at radius 3 is 2.45 bits per heavy atom. The van der Waals surface area contributed by atoms with Gasteiger partial charge in [-0.15, -0.1) is 0 Å². The Labute approximate surface area is 129 Å². The van der Waals surface area contributed by atoms with E-state index in [4.69, 9.17) is 33.7 Å². The highest BCUT2D eigenvalue weighted by molar-refractivity contribution is 6.42. The first kappa shape index (κ1) is 17.1. The van der Waals surface area contributed by atoms with Gasteiger partial charge in [-0.25, -0.2) is 4.79 Å². The topological polar surface area (TPSA) is 55.6 Å². The highest BCUT2D eigenvalue weighted by Crippen LogP contribution is 2.25. The van der Waals surface area contributed by atoms with Gasteiger partial charge in [0.15, 0.2) is 0 Å². The van der Waals surface area contributed by atoms with E-state index in [1.165, 1.54) is 4.90 Å². The third-order valence-electron chi connectivity index (χ3n) is 2.55. The standard InChI is InChI=1S/C14H20Cl2N2O2/c1-14(2,3)20-13(19)18(4)8-12(17)9-5-6-10(15)11(16)7-9/h5-7,12H,8,17H2,1-4H3. The first-order valence-corrected chi connectivity index (χ1v) is 7.00. The van der Waals surface area contributed by atoms with E-state index in [0.29, 0.717) is 16.6 Å². The molecule has 0 aromatic heterocycles. The molecule has 0 bridgehead atoms. The van der Waals surface area contributed by atoms with Gasteiger partial charge in [0.1, 0.15) is 5.60 Å². The Hall–Kier alpha value is -0.970. The second kappa shape index (κ2) is 6.66. The van der Waals surface area contributed by atoms with Crippen molar-refractivity contribution >= 4 is 29.3 Å². The molecule has 1 aromatic carbocycles. The van der Waals surface area contributed by atoms with E-state index < -0.39 is 11.7 Å². The quantitative estimate of drug-likeness (QED) is 0.920. The number of amides is 1. The zero-order valence-corrected chi connectivity index (χ0v) is 13.6. The molecule has 0 radical (unpaired) electrons. The zero-order chi connectivity index (χ0) is 15.5. The van der Waals surface area contributed by atoms with Crippen LogP contribution in [0, 0.1) is 0 Å². The molecule has 1 rings (SSSR count). The molecule has 1 amide bonds. The molecule has 1 unspecified atom stereocenters. The number of hydrogen-bond acceptors (Lipinski definition) is 3. The Morgan fingerprint density at radius 2 is 1.95 bits per heavy atom. The van der Waals surface area contributed by atoms with Crippen LogP contribution in [0.15, 0.2) is 18.2 Å². The fourth-order valence-electron chi connectivity index (χ4n) is 1.56. The number of benzene rings is 1. The van der Waals surface area contributed by atoms with Gasteiger partial charge < -0.3 is 15.4 Å². The minimum Gasteiger partial charge on any atom is -0.444 e. The van der Waals surface area contributed by atoms with Gasteiger partial charge in [-0.3, -0.25) is 0 Å². The summed E-state index contributed by atoms with van der Waals surface area (Å²) in [4.78, 5) is 13.3. The minimum atomic E-state index is -0.529. The molecule has 0 aliphatic rings. The molecule has 0 aliphatic carbocycles. The lowest BCUT2D eigenvalue weighted by atomic mass is 10.1. The van der Waals surface area contributed by atoms with Crippen molar-refractivity contribution in [2.75, 3.05) is 13.6 Å². The van der Waals surface area contributed by atoms with Crippen molar-refractivity contribution in [3.8, 4) is 0 Å². The summed E-state index contributed by atoms with van der Waals surface area (Å²) in [6.45, 7) is 5.78. The molecule has 112 valence electrons. The predicted molar refractivity (Wildman–Crippen MR) is 82.3 cm³/mol. The van der Waals surface area contributed by atoms with Gasteiger partial charge in [0.25, 0.3) is 0 Å². The fourth-order valence-corrected chi connectivity index (χ4v) is 1.86. The third-order valence-corrected chi connectivity index (χ3v) is 3.29. The van der Waals surface area contributed by atoms with Crippen molar-refractivity contribution in [1.29, 1.82) is 0 Å². The van der Waals surface area contributed by atoms with Gasteiger partial charge in [-0.2, -0.15) is 0 Å². The van der Waals surface area contributed by atoms with Crippen molar-refractivity contribution in [2.45, 2.75) is 32.4 Å². The molecule has 2 N–H and O–H groups in total. The molecule has 20 heavy (non-hydrogen) atoms. The van der Waals surface area contributed by atoms with Crippen LogP contribution in [0.5, 0.6) is 0 Å². The number of ether oxygens (including phenoxy) is 1. The van der Waals surface area contributed by atoms with E-state index in [0.717, 1.165) is 5.56 Å². The van der Waals surface area contributed by atoms with Gasteiger partial charge in [0, 0.05) is 19.6 Å². The smallest absolute Gasteiger partial charge is 0.410 e. The van der Waals surface area contributed by atoms with Gasteiger partial charge >= 0.3 is 6.09 Å². The summed E-state index contributed by atoms with van der Waals surface area (Å²) in [6, 6.07) is 4.83. The molecule has 0 heterocycles. The summed E-state index contributed by atoms with van der Waals surface area (Å²) in [5, 5.41) is 0.919. The van der Waals surface area contributed by atoms with Crippen LogP contribution in [0.4, 0.5) is 4.79 Å². The normalized spacial score (nSPS) is 12.9. The molecule has 4 nitrogen and oxygen atoms in total. The summed E-state index contributed by atoms with van der Waals surface area (Å²) >= 11 is 11.8. The summed E-state index contributed by atoms with van der Waals surface area (Å²) < 4.78 is 5.26. The lowest BCUT2D eigenvalue weighted by Gasteiger charge is -2.26. The first-order chi connectivity index (χ1) is 9.10. The molecule has 1 atom stereocenters. The first-order valence-electron chi connectivity index (χ1n) is 6.25.